The monoisotopic (exact) mass is 154 g/mol. The second-order valence-corrected chi connectivity index (χ2v) is 1.99. The summed E-state index contributed by atoms with van der Waals surface area (Å²) in [6.07, 6.45) is 3.44. The van der Waals surface area contributed by atoms with Gasteiger partial charge in [-0.25, -0.2) is 0 Å². The molecule has 0 radical (unpaired) electrons. The number of ether oxygens (including phenoxy) is 1. The van der Waals surface area contributed by atoms with Crippen molar-refractivity contribution in [2.75, 3.05) is 20.2 Å². The van der Waals surface area contributed by atoms with Gasteiger partial charge in [0.25, 0.3) is 6.02 Å². The molecule has 0 amide bonds. The predicted octanol–water partition coefficient (Wildman–Crippen LogP) is 1.24. The fraction of sp³-hybridized carbons (Fsp3) is 0.375. The maximum Gasteiger partial charge on any atom is 0.284 e. The average molecular weight is 154 g/mol. The quantitative estimate of drug-likeness (QED) is 0.376. The molecule has 0 rings (SSSR count). The lowest BCUT2D eigenvalue weighted by molar-refractivity contribution is 0.304. The van der Waals surface area contributed by atoms with E-state index in [0.717, 1.165) is 0 Å². The van der Waals surface area contributed by atoms with Crippen molar-refractivity contribution in [2.45, 2.75) is 0 Å². The van der Waals surface area contributed by atoms with Gasteiger partial charge in [0.05, 0.1) is 7.11 Å². The maximum atomic E-state index is 7.31. The van der Waals surface area contributed by atoms with Crippen LogP contribution in [0, 0.1) is 5.41 Å². The summed E-state index contributed by atoms with van der Waals surface area (Å²) in [6.45, 7) is 8.36. The lowest BCUT2D eigenvalue weighted by Crippen LogP contribution is -2.31. The fourth-order valence-corrected chi connectivity index (χ4v) is 0.681. The molecule has 0 bridgehead atoms. The minimum absolute atomic E-state index is 0.143. The Bertz CT molecular complexity index is 144. The SMILES string of the molecule is C=CCN(CC=C)C(=N)OC. The van der Waals surface area contributed by atoms with E-state index in [1.807, 2.05) is 0 Å². The minimum atomic E-state index is 0.143. The summed E-state index contributed by atoms with van der Waals surface area (Å²) < 4.78 is 4.73. The van der Waals surface area contributed by atoms with Gasteiger partial charge in [0.2, 0.25) is 0 Å². The van der Waals surface area contributed by atoms with Crippen LogP contribution in [-0.4, -0.2) is 31.1 Å². The van der Waals surface area contributed by atoms with Gasteiger partial charge in [-0.05, 0) is 0 Å². The number of nitrogens with zero attached hydrogens (tertiary/aromatic N) is 1. The van der Waals surface area contributed by atoms with Crippen LogP contribution < -0.4 is 0 Å². The van der Waals surface area contributed by atoms with Crippen LogP contribution in [0.25, 0.3) is 0 Å². The summed E-state index contributed by atoms with van der Waals surface area (Å²) in [5.41, 5.74) is 0. The molecule has 0 saturated heterocycles. The first-order chi connectivity index (χ1) is 5.26. The zero-order chi connectivity index (χ0) is 8.69. The molecule has 0 aromatic carbocycles. The molecular formula is C8H14N2O. The summed E-state index contributed by atoms with van der Waals surface area (Å²) in [7, 11) is 1.47. The zero-order valence-electron chi connectivity index (χ0n) is 6.84. The first-order valence-corrected chi connectivity index (χ1v) is 3.35. The van der Waals surface area contributed by atoms with Crippen LogP contribution in [0.4, 0.5) is 0 Å². The van der Waals surface area contributed by atoms with E-state index in [-0.39, 0.29) is 6.02 Å². The molecule has 0 heterocycles. The molecule has 0 spiro atoms. The highest BCUT2D eigenvalue weighted by atomic mass is 16.5. The normalized spacial score (nSPS) is 8.45. The van der Waals surface area contributed by atoms with Crippen LogP contribution in [0.1, 0.15) is 0 Å². The van der Waals surface area contributed by atoms with Gasteiger partial charge >= 0.3 is 0 Å². The number of rotatable bonds is 4. The van der Waals surface area contributed by atoms with E-state index in [1.54, 1.807) is 17.1 Å². The molecule has 0 unspecified atom stereocenters. The largest absolute Gasteiger partial charge is 0.469 e. The lowest BCUT2D eigenvalue weighted by atomic mass is 10.5. The smallest absolute Gasteiger partial charge is 0.284 e. The topological polar surface area (TPSA) is 36.3 Å². The number of hydrogen-bond donors (Lipinski definition) is 1. The van der Waals surface area contributed by atoms with Crippen LogP contribution in [-0.2, 0) is 4.74 Å². The molecule has 3 nitrogen and oxygen atoms in total. The third-order valence-electron chi connectivity index (χ3n) is 1.18. The van der Waals surface area contributed by atoms with Crippen molar-refractivity contribution in [3.05, 3.63) is 25.3 Å². The van der Waals surface area contributed by atoms with E-state index in [1.165, 1.54) is 7.11 Å². The van der Waals surface area contributed by atoms with Crippen LogP contribution in [0.2, 0.25) is 0 Å². The Hall–Kier alpha value is -1.25. The predicted molar refractivity (Wildman–Crippen MR) is 46.7 cm³/mol. The van der Waals surface area contributed by atoms with Crippen LogP contribution in [0.15, 0.2) is 25.3 Å². The number of hydrogen-bond acceptors (Lipinski definition) is 2. The third-order valence-corrected chi connectivity index (χ3v) is 1.18. The molecule has 62 valence electrons. The number of nitrogens with one attached hydrogen (secondary N) is 1. The molecule has 0 aromatic rings. The van der Waals surface area contributed by atoms with Crippen LogP contribution in [0.3, 0.4) is 0 Å². The van der Waals surface area contributed by atoms with Crippen LogP contribution >= 0.6 is 0 Å². The average Bonchev–Trinajstić information content (AvgIpc) is 2.03. The maximum absolute atomic E-state index is 7.31. The van der Waals surface area contributed by atoms with Gasteiger partial charge in [-0.3, -0.25) is 5.41 Å². The molecule has 3 heteroatoms. The Morgan fingerprint density at radius 2 is 1.91 bits per heavy atom. The third kappa shape index (κ3) is 3.45. The Kier molecular flexibility index (Phi) is 4.90. The standard InChI is InChI=1S/C8H14N2O/c1-4-6-10(7-5-2)8(9)11-3/h4-5,9H,1-2,6-7H2,3H3. The van der Waals surface area contributed by atoms with Gasteiger partial charge in [0.15, 0.2) is 0 Å². The van der Waals surface area contributed by atoms with E-state index in [4.69, 9.17) is 10.1 Å². The molecule has 0 aliphatic heterocycles. The molecular weight excluding hydrogens is 140 g/mol. The summed E-state index contributed by atoms with van der Waals surface area (Å²) in [5, 5.41) is 7.31. The molecule has 0 aromatic heterocycles. The Balaban J connectivity index is 3.95. The van der Waals surface area contributed by atoms with Crippen molar-refractivity contribution in [3.63, 3.8) is 0 Å². The highest BCUT2D eigenvalue weighted by Gasteiger charge is 2.04. The minimum Gasteiger partial charge on any atom is -0.469 e. The van der Waals surface area contributed by atoms with E-state index < -0.39 is 0 Å². The van der Waals surface area contributed by atoms with E-state index in [9.17, 15) is 0 Å². The highest BCUT2D eigenvalue weighted by molar-refractivity contribution is 5.70. The molecule has 1 N–H and O–H groups in total. The number of amidine groups is 1. The van der Waals surface area contributed by atoms with Crippen molar-refractivity contribution in [1.29, 1.82) is 5.41 Å². The van der Waals surface area contributed by atoms with E-state index in [0.29, 0.717) is 13.1 Å². The van der Waals surface area contributed by atoms with Crippen molar-refractivity contribution in [2.24, 2.45) is 0 Å². The summed E-state index contributed by atoms with van der Waals surface area (Å²) in [4.78, 5) is 1.71. The Morgan fingerprint density at radius 1 is 1.45 bits per heavy atom. The summed E-state index contributed by atoms with van der Waals surface area (Å²) in [5.74, 6) is 0. The van der Waals surface area contributed by atoms with Gasteiger partial charge in [-0.2, -0.15) is 0 Å². The molecule has 0 aliphatic carbocycles. The molecule has 0 fully saturated rings. The Labute approximate surface area is 67.5 Å². The summed E-state index contributed by atoms with van der Waals surface area (Å²) in [6, 6.07) is 0.143. The lowest BCUT2D eigenvalue weighted by Gasteiger charge is -2.19. The van der Waals surface area contributed by atoms with Gasteiger partial charge in [0.1, 0.15) is 0 Å². The summed E-state index contributed by atoms with van der Waals surface area (Å²) >= 11 is 0. The van der Waals surface area contributed by atoms with E-state index >= 15 is 0 Å². The first-order valence-electron chi connectivity index (χ1n) is 3.35. The highest BCUT2D eigenvalue weighted by Crippen LogP contribution is 1.91. The molecule has 0 aliphatic rings. The molecule has 0 atom stereocenters. The first kappa shape index (κ1) is 9.75. The zero-order valence-corrected chi connectivity index (χ0v) is 6.84. The molecule has 11 heavy (non-hydrogen) atoms. The van der Waals surface area contributed by atoms with Gasteiger partial charge in [-0.15, -0.1) is 13.2 Å². The van der Waals surface area contributed by atoms with E-state index in [2.05, 4.69) is 13.2 Å². The van der Waals surface area contributed by atoms with Crippen molar-refractivity contribution in [3.8, 4) is 0 Å². The second-order valence-electron chi connectivity index (χ2n) is 1.99. The second kappa shape index (κ2) is 5.53. The van der Waals surface area contributed by atoms with Crippen molar-refractivity contribution < 1.29 is 4.74 Å². The van der Waals surface area contributed by atoms with Crippen LogP contribution in [0.5, 0.6) is 0 Å². The van der Waals surface area contributed by atoms with Crippen molar-refractivity contribution >= 4 is 6.02 Å². The fourth-order valence-electron chi connectivity index (χ4n) is 0.681. The van der Waals surface area contributed by atoms with Crippen molar-refractivity contribution in [1.82, 2.24) is 4.90 Å². The van der Waals surface area contributed by atoms with Gasteiger partial charge in [-0.1, -0.05) is 12.2 Å². The molecule has 0 saturated carbocycles. The number of methoxy groups -OCH3 is 1. The van der Waals surface area contributed by atoms with Gasteiger partial charge in [0, 0.05) is 13.1 Å². The van der Waals surface area contributed by atoms with Gasteiger partial charge < -0.3 is 9.64 Å². The Morgan fingerprint density at radius 3 is 2.18 bits per heavy atom.